The molecule has 0 fully saturated rings. The molecule has 2 heterocycles. The van der Waals surface area contributed by atoms with E-state index in [9.17, 15) is 19.5 Å². The lowest BCUT2D eigenvalue weighted by atomic mass is 10.1. The predicted octanol–water partition coefficient (Wildman–Crippen LogP) is 2.15. The number of pyridine rings is 2. The molecular weight excluding hydrogens is 332 g/mol. The van der Waals surface area contributed by atoms with Crippen LogP contribution in [0.3, 0.4) is 0 Å². The molecule has 1 aromatic carbocycles. The lowest BCUT2D eigenvalue weighted by Gasteiger charge is -2.08. The van der Waals surface area contributed by atoms with Gasteiger partial charge in [-0.2, -0.15) is 0 Å². The molecule has 3 rings (SSSR count). The first-order valence-corrected chi connectivity index (χ1v) is 8.01. The van der Waals surface area contributed by atoms with Crippen LogP contribution in [0.25, 0.3) is 17.0 Å². The molecule has 0 spiro atoms. The molecule has 2 aromatic heterocycles. The number of rotatable bonds is 3. The van der Waals surface area contributed by atoms with E-state index in [-0.39, 0.29) is 16.7 Å². The first-order chi connectivity index (χ1) is 12.3. The highest BCUT2D eigenvalue weighted by Crippen LogP contribution is 2.16. The van der Waals surface area contributed by atoms with Crippen LogP contribution in [-0.4, -0.2) is 20.0 Å². The predicted molar refractivity (Wildman–Crippen MR) is 101 cm³/mol. The number of ketones is 1. The van der Waals surface area contributed by atoms with E-state index < -0.39 is 11.3 Å². The van der Waals surface area contributed by atoms with Gasteiger partial charge in [0.15, 0.2) is 11.2 Å². The second-order valence-electron chi connectivity index (χ2n) is 6.15. The van der Waals surface area contributed by atoms with Crippen molar-refractivity contribution in [3.05, 3.63) is 80.0 Å². The van der Waals surface area contributed by atoms with E-state index in [1.807, 2.05) is 19.2 Å². The number of nitrogens with zero attached hydrogens (tertiary/aromatic N) is 2. The summed E-state index contributed by atoms with van der Waals surface area (Å²) in [7, 11) is 3.33. The summed E-state index contributed by atoms with van der Waals surface area (Å²) in [5, 5.41) is 10.5. The zero-order valence-corrected chi connectivity index (χ0v) is 14.7. The van der Waals surface area contributed by atoms with Crippen LogP contribution in [-0.2, 0) is 14.1 Å². The average Bonchev–Trinajstić information content (AvgIpc) is 2.61. The van der Waals surface area contributed by atoms with Crippen molar-refractivity contribution in [2.24, 2.45) is 14.1 Å². The van der Waals surface area contributed by atoms with Crippen molar-refractivity contribution in [3.8, 4) is 5.75 Å². The minimum absolute atomic E-state index is 0.205. The molecule has 0 unspecified atom stereocenters. The molecule has 3 aromatic rings. The first kappa shape index (κ1) is 17.4. The quantitative estimate of drug-likeness (QED) is 0.580. The molecule has 0 saturated heterocycles. The largest absolute Gasteiger partial charge is 0.507 e. The van der Waals surface area contributed by atoms with Crippen LogP contribution in [0.2, 0.25) is 0 Å². The molecule has 0 atom stereocenters. The van der Waals surface area contributed by atoms with Crippen molar-refractivity contribution >= 4 is 22.8 Å². The first-order valence-electron chi connectivity index (χ1n) is 8.01. The minimum atomic E-state index is -0.654. The van der Waals surface area contributed by atoms with E-state index in [0.717, 1.165) is 11.6 Å². The molecule has 0 aliphatic carbocycles. The van der Waals surface area contributed by atoms with Gasteiger partial charge in [0.2, 0.25) is 0 Å². The highest BCUT2D eigenvalue weighted by Gasteiger charge is 2.16. The van der Waals surface area contributed by atoms with Gasteiger partial charge in [0.05, 0.1) is 5.52 Å². The number of allylic oxidation sites excluding steroid dienone is 1. The van der Waals surface area contributed by atoms with E-state index in [2.05, 4.69) is 0 Å². The molecule has 0 radical (unpaired) electrons. The van der Waals surface area contributed by atoms with Crippen LogP contribution in [0.1, 0.15) is 21.6 Å². The standard InChI is InChI=1S/C20H18N2O4/c1-12-10-17(24)18(20(26)22(12)3)16(23)9-8-13-11-21(2)15-7-5-4-6-14(15)19(13)25/h4-11,24H,1-3H3/b9-8+. The minimum Gasteiger partial charge on any atom is -0.507 e. The third-order valence-corrected chi connectivity index (χ3v) is 4.43. The molecule has 6 nitrogen and oxygen atoms in total. The summed E-state index contributed by atoms with van der Waals surface area (Å²) in [6.07, 6.45) is 4.13. The van der Waals surface area contributed by atoms with Gasteiger partial charge >= 0.3 is 0 Å². The number of carbonyl (C=O) groups excluding carboxylic acids is 1. The number of benzene rings is 1. The molecule has 26 heavy (non-hydrogen) atoms. The van der Waals surface area contributed by atoms with Crippen LogP contribution >= 0.6 is 0 Å². The van der Waals surface area contributed by atoms with Crippen LogP contribution in [0.4, 0.5) is 0 Å². The topological polar surface area (TPSA) is 81.3 Å². The van der Waals surface area contributed by atoms with Gasteiger partial charge in [-0.25, -0.2) is 0 Å². The molecule has 0 aliphatic rings. The normalized spacial score (nSPS) is 11.3. The Kier molecular flexibility index (Phi) is 4.34. The van der Waals surface area contributed by atoms with Crippen molar-refractivity contribution in [1.82, 2.24) is 9.13 Å². The number of aryl methyl sites for hydroxylation is 2. The van der Waals surface area contributed by atoms with Gasteiger partial charge in [-0.3, -0.25) is 14.4 Å². The molecule has 0 saturated carbocycles. The van der Waals surface area contributed by atoms with Crippen molar-refractivity contribution in [1.29, 1.82) is 0 Å². The molecule has 132 valence electrons. The Bertz CT molecular complexity index is 1180. The Balaban J connectivity index is 2.07. The van der Waals surface area contributed by atoms with Crippen LogP contribution < -0.4 is 11.0 Å². The van der Waals surface area contributed by atoms with Crippen LogP contribution in [0, 0.1) is 6.92 Å². The van der Waals surface area contributed by atoms with Gasteiger partial charge in [0, 0.05) is 43.0 Å². The number of para-hydroxylation sites is 1. The number of fused-ring (bicyclic) bond motifs is 1. The van der Waals surface area contributed by atoms with Gasteiger partial charge in [-0.15, -0.1) is 0 Å². The third kappa shape index (κ3) is 2.86. The van der Waals surface area contributed by atoms with E-state index in [1.165, 1.54) is 23.8 Å². The summed E-state index contributed by atoms with van der Waals surface area (Å²) in [5.74, 6) is -1.02. The number of hydrogen-bond donors (Lipinski definition) is 1. The summed E-state index contributed by atoms with van der Waals surface area (Å²) in [6.45, 7) is 1.66. The fraction of sp³-hybridized carbons (Fsp3) is 0.150. The summed E-state index contributed by atoms with van der Waals surface area (Å²) in [4.78, 5) is 37.2. The van der Waals surface area contributed by atoms with Gasteiger partial charge in [0.1, 0.15) is 11.3 Å². The lowest BCUT2D eigenvalue weighted by molar-refractivity contribution is 0.104. The highest BCUT2D eigenvalue weighted by atomic mass is 16.3. The van der Waals surface area contributed by atoms with E-state index in [0.29, 0.717) is 16.6 Å². The number of hydrogen-bond acceptors (Lipinski definition) is 4. The lowest BCUT2D eigenvalue weighted by Crippen LogP contribution is -2.25. The fourth-order valence-electron chi connectivity index (χ4n) is 2.87. The smallest absolute Gasteiger partial charge is 0.265 e. The van der Waals surface area contributed by atoms with Gasteiger partial charge in [-0.05, 0) is 31.2 Å². The second kappa shape index (κ2) is 6.48. The van der Waals surface area contributed by atoms with E-state index >= 15 is 0 Å². The maximum Gasteiger partial charge on any atom is 0.265 e. The highest BCUT2D eigenvalue weighted by molar-refractivity contribution is 6.08. The maximum absolute atomic E-state index is 12.6. The molecule has 0 bridgehead atoms. The third-order valence-electron chi connectivity index (χ3n) is 4.43. The van der Waals surface area contributed by atoms with Crippen molar-refractivity contribution < 1.29 is 9.90 Å². The summed E-state index contributed by atoms with van der Waals surface area (Å²) in [5.41, 5.74) is 0.546. The zero-order valence-electron chi connectivity index (χ0n) is 14.7. The zero-order chi connectivity index (χ0) is 19.0. The van der Waals surface area contributed by atoms with Gasteiger partial charge in [0.25, 0.3) is 5.56 Å². The summed E-state index contributed by atoms with van der Waals surface area (Å²) < 4.78 is 3.08. The van der Waals surface area contributed by atoms with E-state index in [1.54, 1.807) is 29.8 Å². The van der Waals surface area contributed by atoms with Crippen LogP contribution in [0.15, 0.2) is 52.2 Å². The summed E-state index contributed by atoms with van der Waals surface area (Å²) >= 11 is 0. The fourth-order valence-corrected chi connectivity index (χ4v) is 2.87. The molecule has 0 aliphatic heterocycles. The Hall–Kier alpha value is -3.41. The molecular formula is C20H18N2O4. The molecule has 6 heteroatoms. The Morgan fingerprint density at radius 2 is 1.85 bits per heavy atom. The van der Waals surface area contributed by atoms with Gasteiger partial charge < -0.3 is 14.2 Å². The number of aromatic nitrogens is 2. The molecule has 0 amide bonds. The van der Waals surface area contributed by atoms with Crippen molar-refractivity contribution in [3.63, 3.8) is 0 Å². The van der Waals surface area contributed by atoms with Crippen molar-refractivity contribution in [2.75, 3.05) is 0 Å². The second-order valence-corrected chi connectivity index (χ2v) is 6.15. The van der Waals surface area contributed by atoms with Gasteiger partial charge in [-0.1, -0.05) is 12.1 Å². The monoisotopic (exact) mass is 350 g/mol. The SMILES string of the molecule is Cc1cc(O)c(C(=O)/C=C/c2cn(C)c3ccccc3c2=O)c(=O)n1C. The maximum atomic E-state index is 12.6. The van der Waals surface area contributed by atoms with E-state index in [4.69, 9.17) is 0 Å². The molecule has 1 N–H and O–H groups in total. The Morgan fingerprint density at radius 1 is 1.15 bits per heavy atom. The summed E-state index contributed by atoms with van der Waals surface area (Å²) in [6, 6.07) is 8.53. The Labute approximate surface area is 149 Å². The average molecular weight is 350 g/mol. The number of carbonyl (C=O) groups is 1. The van der Waals surface area contributed by atoms with Crippen molar-refractivity contribution in [2.45, 2.75) is 6.92 Å². The number of aromatic hydroxyl groups is 1. The van der Waals surface area contributed by atoms with Crippen LogP contribution in [0.5, 0.6) is 5.75 Å². The Morgan fingerprint density at radius 3 is 2.58 bits per heavy atom.